The van der Waals surface area contributed by atoms with E-state index in [1.54, 1.807) is 12.5 Å². The van der Waals surface area contributed by atoms with E-state index in [1.807, 2.05) is 4.57 Å². The Bertz CT molecular complexity index is 557. The van der Waals surface area contributed by atoms with Gasteiger partial charge in [0, 0.05) is 12.2 Å². The third-order valence-electron chi connectivity index (χ3n) is 5.08. The van der Waals surface area contributed by atoms with E-state index in [-0.39, 0.29) is 5.69 Å². The first-order valence-corrected chi connectivity index (χ1v) is 8.58. The molecule has 126 valence electrons. The monoisotopic (exact) mass is 320 g/mol. The molecule has 2 saturated carbocycles. The number of hydrogen-bond donors (Lipinski definition) is 1. The van der Waals surface area contributed by atoms with Gasteiger partial charge in [0.15, 0.2) is 5.92 Å². The van der Waals surface area contributed by atoms with E-state index in [4.69, 9.17) is 4.74 Å². The molecule has 2 aliphatic carbocycles. The highest BCUT2D eigenvalue weighted by Gasteiger charge is 2.33. The lowest BCUT2D eigenvalue weighted by atomic mass is 10.1. The lowest BCUT2D eigenvalue weighted by molar-refractivity contribution is -0.155. The van der Waals surface area contributed by atoms with Crippen molar-refractivity contribution in [2.45, 2.75) is 63.3 Å². The maximum Gasteiger partial charge on any atom is 0.326 e. The SMILES string of the molecule is O=C(O)C(C(=O)OCC1CCCC1)c1cn(C2CCCC2)cn1. The normalized spacial score (nSPS) is 20.7. The van der Waals surface area contributed by atoms with Crippen LogP contribution in [-0.2, 0) is 14.3 Å². The quantitative estimate of drug-likeness (QED) is 0.644. The molecule has 0 amide bonds. The minimum atomic E-state index is -1.32. The summed E-state index contributed by atoms with van der Waals surface area (Å²) in [5.41, 5.74) is 0.279. The molecule has 0 aromatic carbocycles. The zero-order chi connectivity index (χ0) is 16.2. The van der Waals surface area contributed by atoms with Crippen LogP contribution in [0, 0.1) is 5.92 Å². The fourth-order valence-corrected chi connectivity index (χ4v) is 3.71. The number of nitrogens with zero attached hydrogens (tertiary/aromatic N) is 2. The number of carboxylic acid groups (broad SMARTS) is 1. The van der Waals surface area contributed by atoms with E-state index in [1.165, 1.54) is 12.8 Å². The molecule has 2 aliphatic rings. The lowest BCUT2D eigenvalue weighted by Gasteiger charge is -2.13. The Labute approximate surface area is 135 Å². The van der Waals surface area contributed by atoms with Crippen molar-refractivity contribution in [2.75, 3.05) is 6.61 Å². The average molecular weight is 320 g/mol. The van der Waals surface area contributed by atoms with E-state index in [0.717, 1.165) is 38.5 Å². The van der Waals surface area contributed by atoms with Crippen molar-refractivity contribution >= 4 is 11.9 Å². The van der Waals surface area contributed by atoms with Crippen LogP contribution in [0.15, 0.2) is 12.5 Å². The van der Waals surface area contributed by atoms with Gasteiger partial charge in [-0.25, -0.2) is 4.98 Å². The van der Waals surface area contributed by atoms with Crippen LogP contribution in [0.3, 0.4) is 0 Å². The summed E-state index contributed by atoms with van der Waals surface area (Å²) in [6.07, 6.45) is 12.3. The van der Waals surface area contributed by atoms with Crippen LogP contribution in [0.25, 0.3) is 0 Å². The molecule has 6 nitrogen and oxygen atoms in total. The molecule has 0 bridgehead atoms. The molecule has 2 fully saturated rings. The number of esters is 1. The Kier molecular flexibility index (Phi) is 4.98. The molecule has 1 aromatic rings. The second kappa shape index (κ2) is 7.15. The van der Waals surface area contributed by atoms with Crippen LogP contribution in [0.5, 0.6) is 0 Å². The number of hydrogen-bond acceptors (Lipinski definition) is 4. The van der Waals surface area contributed by atoms with E-state index in [0.29, 0.717) is 18.6 Å². The Hall–Kier alpha value is -1.85. The van der Waals surface area contributed by atoms with Crippen molar-refractivity contribution in [3.05, 3.63) is 18.2 Å². The first kappa shape index (κ1) is 16.0. The highest BCUT2D eigenvalue weighted by Crippen LogP contribution is 2.30. The van der Waals surface area contributed by atoms with Gasteiger partial charge in [-0.2, -0.15) is 0 Å². The minimum Gasteiger partial charge on any atom is -0.480 e. The van der Waals surface area contributed by atoms with E-state index >= 15 is 0 Å². The van der Waals surface area contributed by atoms with Crippen molar-refractivity contribution in [2.24, 2.45) is 5.92 Å². The van der Waals surface area contributed by atoms with Crippen molar-refractivity contribution in [3.8, 4) is 0 Å². The number of ether oxygens (including phenoxy) is 1. The number of carbonyl (C=O) groups excluding carboxylic acids is 1. The molecular weight excluding hydrogens is 296 g/mol. The summed E-state index contributed by atoms with van der Waals surface area (Å²) in [5.74, 6) is -2.83. The summed E-state index contributed by atoms with van der Waals surface area (Å²) in [4.78, 5) is 27.9. The molecule has 1 atom stereocenters. The highest BCUT2D eigenvalue weighted by molar-refractivity contribution is 5.99. The van der Waals surface area contributed by atoms with Gasteiger partial charge in [0.25, 0.3) is 0 Å². The van der Waals surface area contributed by atoms with Crippen LogP contribution in [-0.4, -0.2) is 33.2 Å². The number of carboxylic acids is 1. The molecule has 1 N–H and O–H groups in total. The number of carbonyl (C=O) groups is 2. The molecule has 0 saturated heterocycles. The number of rotatable bonds is 6. The van der Waals surface area contributed by atoms with Gasteiger partial charge in [-0.15, -0.1) is 0 Å². The van der Waals surface area contributed by atoms with E-state index < -0.39 is 17.9 Å². The van der Waals surface area contributed by atoms with Gasteiger partial charge < -0.3 is 14.4 Å². The van der Waals surface area contributed by atoms with Crippen molar-refractivity contribution in [1.82, 2.24) is 9.55 Å². The van der Waals surface area contributed by atoms with Crippen LogP contribution in [0.1, 0.15) is 69.0 Å². The zero-order valence-electron chi connectivity index (χ0n) is 13.3. The van der Waals surface area contributed by atoms with Gasteiger partial charge in [-0.3, -0.25) is 9.59 Å². The second-order valence-electron chi connectivity index (χ2n) is 6.74. The fourth-order valence-electron chi connectivity index (χ4n) is 3.71. The van der Waals surface area contributed by atoms with Crippen LogP contribution < -0.4 is 0 Å². The zero-order valence-corrected chi connectivity index (χ0v) is 13.3. The predicted octanol–water partition coefficient (Wildman–Crippen LogP) is 2.90. The summed E-state index contributed by atoms with van der Waals surface area (Å²) < 4.78 is 7.22. The van der Waals surface area contributed by atoms with Gasteiger partial charge in [0.1, 0.15) is 0 Å². The van der Waals surface area contributed by atoms with Crippen molar-refractivity contribution in [1.29, 1.82) is 0 Å². The maximum atomic E-state index is 12.2. The van der Waals surface area contributed by atoms with Crippen LogP contribution >= 0.6 is 0 Å². The van der Waals surface area contributed by atoms with Gasteiger partial charge in [-0.05, 0) is 31.6 Å². The molecule has 6 heteroatoms. The third kappa shape index (κ3) is 3.74. The summed E-state index contributed by atoms with van der Waals surface area (Å²) in [5, 5.41) is 9.41. The first-order valence-electron chi connectivity index (χ1n) is 8.58. The Morgan fingerprint density at radius 3 is 2.52 bits per heavy atom. The Morgan fingerprint density at radius 2 is 1.87 bits per heavy atom. The standard InChI is InChI=1S/C17H24N2O4/c20-16(21)15(17(22)23-10-12-5-1-2-6-12)14-9-19(11-18-14)13-7-3-4-8-13/h9,11-13,15H,1-8,10H2,(H,20,21). The molecule has 1 heterocycles. The largest absolute Gasteiger partial charge is 0.480 e. The van der Waals surface area contributed by atoms with Gasteiger partial charge >= 0.3 is 11.9 Å². The van der Waals surface area contributed by atoms with Crippen LogP contribution in [0.4, 0.5) is 0 Å². The van der Waals surface area contributed by atoms with Gasteiger partial charge in [0.05, 0.1) is 18.6 Å². The van der Waals surface area contributed by atoms with E-state index in [9.17, 15) is 14.7 Å². The lowest BCUT2D eigenvalue weighted by Crippen LogP contribution is -2.25. The molecule has 1 aromatic heterocycles. The molecule has 23 heavy (non-hydrogen) atoms. The number of aliphatic carboxylic acids is 1. The summed E-state index contributed by atoms with van der Waals surface area (Å²) in [6, 6.07) is 0.375. The summed E-state index contributed by atoms with van der Waals surface area (Å²) >= 11 is 0. The van der Waals surface area contributed by atoms with Crippen molar-refractivity contribution < 1.29 is 19.4 Å². The van der Waals surface area contributed by atoms with Crippen LogP contribution in [0.2, 0.25) is 0 Å². The topological polar surface area (TPSA) is 81.4 Å². The first-order chi connectivity index (χ1) is 11.1. The molecule has 0 aliphatic heterocycles. The van der Waals surface area contributed by atoms with Gasteiger partial charge in [-0.1, -0.05) is 25.7 Å². The minimum absolute atomic E-state index is 0.279. The Morgan fingerprint density at radius 1 is 1.22 bits per heavy atom. The molecular formula is C17H24N2O4. The third-order valence-corrected chi connectivity index (χ3v) is 5.08. The predicted molar refractivity (Wildman–Crippen MR) is 83.0 cm³/mol. The number of aromatic nitrogens is 2. The fraction of sp³-hybridized carbons (Fsp3) is 0.706. The van der Waals surface area contributed by atoms with Gasteiger partial charge in [0.2, 0.25) is 0 Å². The second-order valence-corrected chi connectivity index (χ2v) is 6.74. The Balaban J connectivity index is 1.65. The summed E-state index contributed by atoms with van der Waals surface area (Å²) in [6.45, 7) is 0.325. The highest BCUT2D eigenvalue weighted by atomic mass is 16.5. The molecule has 3 rings (SSSR count). The molecule has 1 unspecified atom stereocenters. The number of imidazole rings is 1. The smallest absolute Gasteiger partial charge is 0.326 e. The molecule has 0 spiro atoms. The average Bonchev–Trinajstić information content (AvgIpc) is 3.26. The maximum absolute atomic E-state index is 12.2. The van der Waals surface area contributed by atoms with Crippen molar-refractivity contribution in [3.63, 3.8) is 0 Å². The van der Waals surface area contributed by atoms with E-state index in [2.05, 4.69) is 4.98 Å². The summed E-state index contributed by atoms with van der Waals surface area (Å²) in [7, 11) is 0. The molecule has 0 radical (unpaired) electrons.